The van der Waals surface area contributed by atoms with Gasteiger partial charge >= 0.3 is 5.97 Å². The number of nitrogens with one attached hydrogen (secondary N) is 1. The molecule has 0 aromatic carbocycles. The lowest BCUT2D eigenvalue weighted by Crippen LogP contribution is -2.18. The van der Waals surface area contributed by atoms with Gasteiger partial charge in [-0.05, 0) is 6.07 Å². The number of furan rings is 1. The van der Waals surface area contributed by atoms with E-state index in [1.807, 2.05) is 10.8 Å². The van der Waals surface area contributed by atoms with Gasteiger partial charge in [0.15, 0.2) is 0 Å². The molecule has 90 valence electrons. The van der Waals surface area contributed by atoms with Gasteiger partial charge in [-0.15, -0.1) is 0 Å². The summed E-state index contributed by atoms with van der Waals surface area (Å²) in [7, 11) is 0. The first kappa shape index (κ1) is 11.4. The number of imidazole rings is 1. The smallest absolute Gasteiger partial charge is 0.338 e. The van der Waals surface area contributed by atoms with Crippen LogP contribution in [-0.4, -0.2) is 27.2 Å². The Morgan fingerprint density at radius 3 is 3.12 bits per heavy atom. The van der Waals surface area contributed by atoms with Crippen LogP contribution in [0.1, 0.15) is 16.1 Å². The summed E-state index contributed by atoms with van der Waals surface area (Å²) >= 11 is 0. The quantitative estimate of drug-likeness (QED) is 0.729. The molecule has 0 atom stereocenters. The summed E-state index contributed by atoms with van der Waals surface area (Å²) in [5.41, 5.74) is 0.177. The molecule has 0 radical (unpaired) electrons. The van der Waals surface area contributed by atoms with Crippen molar-refractivity contribution >= 4 is 5.97 Å². The summed E-state index contributed by atoms with van der Waals surface area (Å²) < 4.78 is 7.06. The lowest BCUT2D eigenvalue weighted by atomic mass is 10.3. The topological polar surface area (TPSA) is 80.3 Å². The Labute approximate surface area is 97.9 Å². The fraction of sp³-hybridized carbons (Fsp3) is 0.273. The molecule has 0 saturated carbocycles. The summed E-state index contributed by atoms with van der Waals surface area (Å²) in [4.78, 5) is 14.5. The highest BCUT2D eigenvalue weighted by atomic mass is 16.4. The maximum atomic E-state index is 10.6. The van der Waals surface area contributed by atoms with Gasteiger partial charge in [0.2, 0.25) is 0 Å². The number of carboxylic acid groups (broad SMARTS) is 1. The normalized spacial score (nSPS) is 10.6. The van der Waals surface area contributed by atoms with Crippen LogP contribution in [0, 0.1) is 0 Å². The summed E-state index contributed by atoms with van der Waals surface area (Å²) in [6, 6.07) is 1.52. The zero-order chi connectivity index (χ0) is 12.1. The van der Waals surface area contributed by atoms with Crippen LogP contribution in [0.25, 0.3) is 0 Å². The molecule has 0 aliphatic rings. The fourth-order valence-corrected chi connectivity index (χ4v) is 1.42. The average Bonchev–Trinajstić information content (AvgIpc) is 2.96. The minimum atomic E-state index is -0.974. The first-order valence-electron chi connectivity index (χ1n) is 5.23. The second kappa shape index (κ2) is 5.31. The van der Waals surface area contributed by atoms with Crippen molar-refractivity contribution in [2.24, 2.45) is 0 Å². The van der Waals surface area contributed by atoms with Crippen LogP contribution >= 0.6 is 0 Å². The summed E-state index contributed by atoms with van der Waals surface area (Å²) in [5.74, 6) is -0.355. The van der Waals surface area contributed by atoms with E-state index in [0.717, 1.165) is 13.1 Å². The predicted octanol–water partition coefficient (Wildman–Crippen LogP) is 0.964. The van der Waals surface area contributed by atoms with Gasteiger partial charge in [-0.25, -0.2) is 9.78 Å². The number of hydrogen-bond donors (Lipinski definition) is 2. The van der Waals surface area contributed by atoms with Crippen molar-refractivity contribution in [3.05, 3.63) is 42.4 Å². The van der Waals surface area contributed by atoms with Crippen LogP contribution in [0.15, 0.2) is 35.5 Å². The SMILES string of the molecule is O=C(O)c1coc(CNCCn2ccnc2)c1. The Hall–Kier alpha value is -2.08. The Kier molecular flexibility index (Phi) is 3.56. The number of rotatable bonds is 6. The van der Waals surface area contributed by atoms with Gasteiger partial charge in [-0.2, -0.15) is 0 Å². The molecule has 2 N–H and O–H groups in total. The third kappa shape index (κ3) is 3.18. The van der Waals surface area contributed by atoms with Crippen LogP contribution < -0.4 is 5.32 Å². The third-order valence-electron chi connectivity index (χ3n) is 2.31. The molecule has 2 aromatic heterocycles. The predicted molar refractivity (Wildman–Crippen MR) is 59.6 cm³/mol. The monoisotopic (exact) mass is 235 g/mol. The minimum absolute atomic E-state index is 0.177. The van der Waals surface area contributed by atoms with Gasteiger partial charge in [0.05, 0.1) is 18.4 Å². The molecular weight excluding hydrogens is 222 g/mol. The van der Waals surface area contributed by atoms with Gasteiger partial charge in [-0.1, -0.05) is 0 Å². The van der Waals surface area contributed by atoms with Gasteiger partial charge in [-0.3, -0.25) is 0 Å². The minimum Gasteiger partial charge on any atom is -0.478 e. The zero-order valence-corrected chi connectivity index (χ0v) is 9.17. The van der Waals surface area contributed by atoms with Crippen LogP contribution in [0.5, 0.6) is 0 Å². The molecule has 0 bridgehead atoms. The van der Waals surface area contributed by atoms with E-state index in [1.54, 1.807) is 12.5 Å². The van der Waals surface area contributed by atoms with E-state index >= 15 is 0 Å². The van der Waals surface area contributed by atoms with E-state index in [2.05, 4.69) is 10.3 Å². The van der Waals surface area contributed by atoms with Crippen molar-refractivity contribution < 1.29 is 14.3 Å². The highest BCUT2D eigenvalue weighted by Gasteiger charge is 2.07. The van der Waals surface area contributed by atoms with Crippen molar-refractivity contribution in [2.45, 2.75) is 13.1 Å². The first-order valence-corrected chi connectivity index (χ1v) is 5.23. The molecule has 0 unspecified atom stereocenters. The molecule has 0 spiro atoms. The zero-order valence-electron chi connectivity index (χ0n) is 9.17. The standard InChI is InChI=1S/C11H13N3O3/c15-11(16)9-5-10(17-7-9)6-12-1-3-14-4-2-13-8-14/h2,4-5,7-8,12H,1,3,6H2,(H,15,16). The van der Waals surface area contributed by atoms with Gasteiger partial charge in [0.1, 0.15) is 12.0 Å². The van der Waals surface area contributed by atoms with Gasteiger partial charge < -0.3 is 19.4 Å². The summed E-state index contributed by atoms with van der Waals surface area (Å²) in [6.07, 6.45) is 6.61. The van der Waals surface area contributed by atoms with E-state index in [9.17, 15) is 4.79 Å². The molecule has 2 rings (SSSR count). The summed E-state index contributed by atoms with van der Waals surface area (Å²) in [5, 5.41) is 11.9. The van der Waals surface area contributed by atoms with Crippen LogP contribution in [0.2, 0.25) is 0 Å². The second-order valence-electron chi connectivity index (χ2n) is 3.58. The highest BCUT2D eigenvalue weighted by molar-refractivity contribution is 5.87. The number of aromatic nitrogens is 2. The van der Waals surface area contributed by atoms with Crippen LogP contribution in [-0.2, 0) is 13.1 Å². The first-order chi connectivity index (χ1) is 8.25. The number of carboxylic acids is 1. The average molecular weight is 235 g/mol. The van der Waals surface area contributed by atoms with Crippen molar-refractivity contribution in [2.75, 3.05) is 6.54 Å². The maximum absolute atomic E-state index is 10.6. The molecule has 17 heavy (non-hydrogen) atoms. The largest absolute Gasteiger partial charge is 0.478 e. The van der Waals surface area contributed by atoms with E-state index < -0.39 is 5.97 Å². The molecule has 0 saturated heterocycles. The van der Waals surface area contributed by atoms with E-state index in [1.165, 1.54) is 12.3 Å². The highest BCUT2D eigenvalue weighted by Crippen LogP contribution is 2.07. The molecule has 0 aliphatic heterocycles. The van der Waals surface area contributed by atoms with E-state index in [0.29, 0.717) is 12.3 Å². The molecule has 0 fully saturated rings. The van der Waals surface area contributed by atoms with Crippen LogP contribution in [0.4, 0.5) is 0 Å². The fourth-order valence-electron chi connectivity index (χ4n) is 1.42. The maximum Gasteiger partial charge on any atom is 0.338 e. The number of carbonyl (C=O) groups is 1. The Morgan fingerprint density at radius 2 is 2.47 bits per heavy atom. The second-order valence-corrected chi connectivity index (χ2v) is 3.58. The molecule has 0 aliphatic carbocycles. The third-order valence-corrected chi connectivity index (χ3v) is 2.31. The Morgan fingerprint density at radius 1 is 1.59 bits per heavy atom. The molecule has 6 heteroatoms. The van der Waals surface area contributed by atoms with Crippen molar-refractivity contribution in [3.8, 4) is 0 Å². The van der Waals surface area contributed by atoms with E-state index in [4.69, 9.17) is 9.52 Å². The van der Waals surface area contributed by atoms with Crippen molar-refractivity contribution in [1.82, 2.24) is 14.9 Å². The molecule has 6 nitrogen and oxygen atoms in total. The van der Waals surface area contributed by atoms with Crippen molar-refractivity contribution in [1.29, 1.82) is 0 Å². The molecular formula is C11H13N3O3. The van der Waals surface area contributed by atoms with Crippen LogP contribution in [0.3, 0.4) is 0 Å². The lowest BCUT2D eigenvalue weighted by Gasteiger charge is -2.02. The molecule has 2 aromatic rings. The number of nitrogens with zero attached hydrogens (tertiary/aromatic N) is 2. The molecule has 0 amide bonds. The molecule has 2 heterocycles. The Bertz CT molecular complexity index is 476. The van der Waals surface area contributed by atoms with Gasteiger partial charge in [0.25, 0.3) is 0 Å². The lowest BCUT2D eigenvalue weighted by molar-refractivity contribution is 0.0696. The summed E-state index contributed by atoms with van der Waals surface area (Å²) in [6.45, 7) is 2.09. The van der Waals surface area contributed by atoms with E-state index in [-0.39, 0.29) is 5.56 Å². The Balaban J connectivity index is 1.72. The number of aromatic carboxylic acids is 1. The number of hydrogen-bond acceptors (Lipinski definition) is 4. The van der Waals surface area contributed by atoms with Crippen molar-refractivity contribution in [3.63, 3.8) is 0 Å². The van der Waals surface area contributed by atoms with Gasteiger partial charge in [0, 0.05) is 25.5 Å².